The van der Waals surface area contributed by atoms with E-state index in [9.17, 15) is 35.1 Å². The van der Waals surface area contributed by atoms with E-state index in [4.69, 9.17) is 14.2 Å². The van der Waals surface area contributed by atoms with Crippen LogP contribution in [-0.2, 0) is 23.8 Å². The van der Waals surface area contributed by atoms with E-state index in [1.807, 2.05) is 6.08 Å². The molecule has 1 fully saturated rings. The Morgan fingerprint density at radius 1 is 0.529 bits per heavy atom. The Balaban J connectivity index is 2.05. The summed E-state index contributed by atoms with van der Waals surface area (Å²) in [5.41, 5.74) is 0. The molecular weight excluding hydrogens is 883 g/mol. The lowest BCUT2D eigenvalue weighted by molar-refractivity contribution is -0.302. The molecular formula is C59H107NO10. The number of aliphatic hydroxyl groups excluding tert-OH is 5. The molecule has 1 rings (SSSR count). The Kier molecular flexibility index (Phi) is 45.8. The van der Waals surface area contributed by atoms with Gasteiger partial charge in [-0.25, -0.2) is 0 Å². The molecule has 0 saturated carbocycles. The van der Waals surface area contributed by atoms with Gasteiger partial charge >= 0.3 is 5.97 Å². The van der Waals surface area contributed by atoms with Crippen LogP contribution in [0.2, 0.25) is 0 Å². The third-order valence-electron chi connectivity index (χ3n) is 13.4. The second kappa shape index (κ2) is 48.9. The molecule has 0 bridgehead atoms. The fraction of sp³-hybridized carbons (Fsp3) is 0.831. The molecule has 6 N–H and O–H groups in total. The molecule has 0 spiro atoms. The van der Waals surface area contributed by atoms with Gasteiger partial charge in [0.25, 0.3) is 0 Å². The highest BCUT2D eigenvalue weighted by Crippen LogP contribution is 2.23. The molecule has 0 aromatic carbocycles. The van der Waals surface area contributed by atoms with Gasteiger partial charge in [0.05, 0.1) is 32.0 Å². The van der Waals surface area contributed by atoms with Crippen LogP contribution in [0.15, 0.2) is 48.6 Å². The first kappa shape index (κ1) is 65.6. The maximum atomic E-state index is 13.0. The molecule has 1 aliphatic rings. The summed E-state index contributed by atoms with van der Waals surface area (Å²) in [4.78, 5) is 25.0. The Labute approximate surface area is 427 Å². The van der Waals surface area contributed by atoms with Crippen LogP contribution >= 0.6 is 0 Å². The summed E-state index contributed by atoms with van der Waals surface area (Å²) >= 11 is 0. The predicted octanol–water partition coefficient (Wildman–Crippen LogP) is 12.9. The summed E-state index contributed by atoms with van der Waals surface area (Å²) in [6.45, 7) is 4.22. The molecule has 70 heavy (non-hydrogen) atoms. The van der Waals surface area contributed by atoms with Crippen LogP contribution in [0, 0.1) is 0 Å². The number of nitrogens with one attached hydrogen (secondary N) is 1. The van der Waals surface area contributed by atoms with Crippen LogP contribution in [0.1, 0.15) is 251 Å². The van der Waals surface area contributed by atoms with Crippen molar-refractivity contribution in [3.05, 3.63) is 48.6 Å². The molecule has 0 aliphatic carbocycles. The van der Waals surface area contributed by atoms with Crippen molar-refractivity contribution in [2.75, 3.05) is 19.8 Å². The zero-order chi connectivity index (χ0) is 51.0. The average Bonchev–Trinajstić information content (AvgIpc) is 3.36. The number of carbonyl (C=O) groups is 2. The fourth-order valence-corrected chi connectivity index (χ4v) is 8.76. The summed E-state index contributed by atoms with van der Waals surface area (Å²) in [6, 6.07) is -0.816. The summed E-state index contributed by atoms with van der Waals surface area (Å²) in [7, 11) is 0. The normalized spacial score (nSPS) is 19.6. The molecule has 11 nitrogen and oxygen atoms in total. The quantitative estimate of drug-likeness (QED) is 0.0196. The van der Waals surface area contributed by atoms with E-state index in [2.05, 4.69) is 55.6 Å². The molecule has 11 heteroatoms. The number of ether oxygens (including phenoxy) is 3. The van der Waals surface area contributed by atoms with Crippen LogP contribution in [0.3, 0.4) is 0 Å². The zero-order valence-corrected chi connectivity index (χ0v) is 44.7. The fourth-order valence-electron chi connectivity index (χ4n) is 8.76. The van der Waals surface area contributed by atoms with Crippen LogP contribution in [0.25, 0.3) is 0 Å². The maximum Gasteiger partial charge on any atom is 0.305 e. The van der Waals surface area contributed by atoms with Crippen molar-refractivity contribution in [3.8, 4) is 0 Å². The molecule has 1 heterocycles. The van der Waals surface area contributed by atoms with E-state index in [1.165, 1.54) is 135 Å². The number of esters is 1. The van der Waals surface area contributed by atoms with E-state index >= 15 is 0 Å². The van der Waals surface area contributed by atoms with Gasteiger partial charge in [-0.2, -0.15) is 0 Å². The number of rotatable bonds is 49. The van der Waals surface area contributed by atoms with Crippen molar-refractivity contribution < 1.29 is 49.3 Å². The molecule has 7 atom stereocenters. The molecule has 7 unspecified atom stereocenters. The highest BCUT2D eigenvalue weighted by molar-refractivity contribution is 5.76. The lowest BCUT2D eigenvalue weighted by atomic mass is 9.99. The number of allylic oxidation sites excluding steroid dienone is 7. The van der Waals surface area contributed by atoms with E-state index in [0.717, 1.165) is 89.9 Å². The molecule has 1 saturated heterocycles. The third-order valence-corrected chi connectivity index (χ3v) is 13.4. The first-order valence-electron chi connectivity index (χ1n) is 28.9. The van der Waals surface area contributed by atoms with Crippen LogP contribution < -0.4 is 5.32 Å². The SMILES string of the molecule is CCC/C=C\C/C=C\CCCCCCCC(=O)OCCCCCCCCCCC/C=C\CCCCCCCCCC(=O)NC(COC1OC(CO)C(O)C(O)C1O)C(O)/C=C/CCCCCCCCC. The Morgan fingerprint density at radius 3 is 1.51 bits per heavy atom. The number of carbonyl (C=O) groups excluding carboxylic acids is 2. The second-order valence-corrected chi connectivity index (χ2v) is 20.0. The largest absolute Gasteiger partial charge is 0.466 e. The minimum absolute atomic E-state index is 0.0239. The average molecular weight is 991 g/mol. The van der Waals surface area contributed by atoms with Crippen molar-refractivity contribution in [3.63, 3.8) is 0 Å². The minimum atomic E-state index is -1.57. The lowest BCUT2D eigenvalue weighted by Crippen LogP contribution is -2.60. The first-order chi connectivity index (χ1) is 34.2. The number of hydrogen-bond donors (Lipinski definition) is 6. The summed E-state index contributed by atoms with van der Waals surface area (Å²) in [5, 5.41) is 54.2. The Hall–Kier alpha value is -2.38. The van der Waals surface area contributed by atoms with Gasteiger partial charge in [-0.15, -0.1) is 0 Å². The predicted molar refractivity (Wildman–Crippen MR) is 287 cm³/mol. The summed E-state index contributed by atoms with van der Waals surface area (Å²) in [6.07, 6.45) is 50.7. The van der Waals surface area contributed by atoms with Gasteiger partial charge in [-0.05, 0) is 83.5 Å². The topological polar surface area (TPSA) is 175 Å². The van der Waals surface area contributed by atoms with Gasteiger partial charge in [0, 0.05) is 12.8 Å². The smallest absolute Gasteiger partial charge is 0.305 e. The molecule has 1 amide bonds. The van der Waals surface area contributed by atoms with Gasteiger partial charge in [0.1, 0.15) is 24.4 Å². The maximum absolute atomic E-state index is 13.0. The zero-order valence-electron chi connectivity index (χ0n) is 44.7. The Morgan fingerprint density at radius 2 is 0.986 bits per heavy atom. The second-order valence-electron chi connectivity index (χ2n) is 20.0. The van der Waals surface area contributed by atoms with Gasteiger partial charge in [0.15, 0.2) is 6.29 Å². The third kappa shape index (κ3) is 38.3. The van der Waals surface area contributed by atoms with Gasteiger partial charge in [0.2, 0.25) is 5.91 Å². The van der Waals surface area contributed by atoms with Crippen molar-refractivity contribution >= 4 is 11.9 Å². The van der Waals surface area contributed by atoms with Gasteiger partial charge in [-0.1, -0.05) is 204 Å². The lowest BCUT2D eigenvalue weighted by Gasteiger charge is -2.40. The van der Waals surface area contributed by atoms with E-state index < -0.39 is 49.5 Å². The highest BCUT2D eigenvalue weighted by Gasteiger charge is 2.44. The monoisotopic (exact) mass is 990 g/mol. The minimum Gasteiger partial charge on any atom is -0.466 e. The number of hydrogen-bond acceptors (Lipinski definition) is 10. The first-order valence-corrected chi connectivity index (χ1v) is 28.9. The Bertz CT molecular complexity index is 1300. The molecule has 408 valence electrons. The van der Waals surface area contributed by atoms with Crippen molar-refractivity contribution in [2.24, 2.45) is 0 Å². The molecule has 0 aromatic heterocycles. The number of unbranched alkanes of at least 4 members (excludes halogenated alkanes) is 29. The van der Waals surface area contributed by atoms with Crippen molar-refractivity contribution in [1.82, 2.24) is 5.32 Å². The highest BCUT2D eigenvalue weighted by atomic mass is 16.7. The van der Waals surface area contributed by atoms with Crippen molar-refractivity contribution in [1.29, 1.82) is 0 Å². The van der Waals surface area contributed by atoms with E-state index in [1.54, 1.807) is 6.08 Å². The molecule has 0 radical (unpaired) electrons. The van der Waals surface area contributed by atoms with Crippen molar-refractivity contribution in [2.45, 2.75) is 294 Å². The molecule has 1 aliphatic heterocycles. The van der Waals surface area contributed by atoms with Crippen LogP contribution in [0.5, 0.6) is 0 Å². The summed E-state index contributed by atoms with van der Waals surface area (Å²) < 4.78 is 16.6. The van der Waals surface area contributed by atoms with Gasteiger partial charge < -0.3 is 45.1 Å². The standard InChI is InChI=1S/C59H107NO10/c1-3-5-7-9-11-13-14-23-27-31-35-39-43-47-55(64)68-48-44-40-36-32-28-25-22-20-18-16-15-17-19-21-24-26-30-34-38-42-46-54(63)60-51(52(62)45-41-37-33-29-12-10-8-6-4-2)50-69-59-58(67)57(66)56(65)53(49-61)70-59/h7,9,13-15,17,41,45,51-53,56-59,61-62,65-67H,3-6,8,10-12,16,18-40,42-44,46-50H2,1-2H3,(H,60,63)/b9-7-,14-13-,17-15-,45-41+. The summed E-state index contributed by atoms with van der Waals surface area (Å²) in [5.74, 6) is -0.218. The van der Waals surface area contributed by atoms with E-state index in [-0.39, 0.29) is 18.5 Å². The van der Waals surface area contributed by atoms with Gasteiger partial charge in [-0.3, -0.25) is 9.59 Å². The molecule has 0 aromatic rings. The number of amides is 1. The number of aliphatic hydroxyl groups is 5. The van der Waals surface area contributed by atoms with Crippen LogP contribution in [0.4, 0.5) is 0 Å². The van der Waals surface area contributed by atoms with E-state index in [0.29, 0.717) is 19.4 Å². The van der Waals surface area contributed by atoms with Crippen LogP contribution in [-0.4, -0.2) is 100 Å².